The zero-order valence-electron chi connectivity index (χ0n) is 11.7. The molecule has 6 nitrogen and oxygen atoms in total. The van der Waals surface area contributed by atoms with E-state index in [1.165, 1.54) is 0 Å². The molecule has 2 atom stereocenters. The van der Waals surface area contributed by atoms with Crippen molar-refractivity contribution in [2.45, 2.75) is 12.5 Å². The SMILES string of the molecule is O=C(c1cccc2c1OCCO2)N1CC[C@H](CO)[C@H](O)C1. The number of β-amino-alcohol motifs (C(OH)–C–C–N with tert-alkyl or cyclic N) is 1. The van der Waals surface area contributed by atoms with Crippen molar-refractivity contribution in [2.75, 3.05) is 32.9 Å². The van der Waals surface area contributed by atoms with Crippen LogP contribution in [0.15, 0.2) is 18.2 Å². The minimum Gasteiger partial charge on any atom is -0.486 e. The Labute approximate surface area is 122 Å². The Morgan fingerprint density at radius 2 is 2.14 bits per heavy atom. The smallest absolute Gasteiger partial charge is 0.257 e. The maximum Gasteiger partial charge on any atom is 0.257 e. The summed E-state index contributed by atoms with van der Waals surface area (Å²) >= 11 is 0. The average molecular weight is 293 g/mol. The number of carbonyl (C=O) groups excluding carboxylic acids is 1. The summed E-state index contributed by atoms with van der Waals surface area (Å²) in [6.45, 7) is 1.60. The molecule has 1 amide bonds. The van der Waals surface area contributed by atoms with E-state index >= 15 is 0 Å². The number of likely N-dealkylation sites (tertiary alicyclic amines) is 1. The van der Waals surface area contributed by atoms with Crippen molar-refractivity contribution >= 4 is 5.91 Å². The van der Waals surface area contributed by atoms with Gasteiger partial charge in [-0.3, -0.25) is 4.79 Å². The van der Waals surface area contributed by atoms with Gasteiger partial charge in [0.15, 0.2) is 11.5 Å². The minimum atomic E-state index is -0.690. The molecule has 0 saturated carbocycles. The van der Waals surface area contributed by atoms with E-state index < -0.39 is 6.10 Å². The Bertz CT molecular complexity index is 533. The van der Waals surface area contributed by atoms with E-state index in [9.17, 15) is 9.90 Å². The van der Waals surface area contributed by atoms with Gasteiger partial charge >= 0.3 is 0 Å². The lowest BCUT2D eigenvalue weighted by Gasteiger charge is -2.35. The van der Waals surface area contributed by atoms with Gasteiger partial charge in [0.05, 0.1) is 11.7 Å². The lowest BCUT2D eigenvalue weighted by Crippen LogP contribution is -2.47. The van der Waals surface area contributed by atoms with E-state index in [4.69, 9.17) is 14.6 Å². The molecule has 0 aromatic heterocycles. The summed E-state index contributed by atoms with van der Waals surface area (Å²) in [5, 5.41) is 19.1. The van der Waals surface area contributed by atoms with Crippen LogP contribution in [0.3, 0.4) is 0 Å². The third-order valence-electron chi connectivity index (χ3n) is 4.04. The molecule has 1 aromatic carbocycles. The van der Waals surface area contributed by atoms with Gasteiger partial charge in [-0.05, 0) is 18.6 Å². The third kappa shape index (κ3) is 2.69. The number of aliphatic hydroxyl groups is 2. The summed E-state index contributed by atoms with van der Waals surface area (Å²) in [5.74, 6) is 0.733. The molecule has 0 unspecified atom stereocenters. The number of carbonyl (C=O) groups is 1. The second-order valence-corrected chi connectivity index (χ2v) is 5.38. The predicted molar refractivity (Wildman–Crippen MR) is 74.5 cm³/mol. The normalized spacial score (nSPS) is 24.8. The van der Waals surface area contributed by atoms with E-state index in [0.29, 0.717) is 43.2 Å². The molecule has 1 fully saturated rings. The fourth-order valence-corrected chi connectivity index (χ4v) is 2.79. The zero-order valence-corrected chi connectivity index (χ0v) is 11.7. The van der Waals surface area contributed by atoms with Crippen LogP contribution in [-0.2, 0) is 0 Å². The highest BCUT2D eigenvalue weighted by Crippen LogP contribution is 2.34. The number of hydrogen-bond donors (Lipinski definition) is 2. The predicted octanol–water partition coefficient (Wildman–Crippen LogP) is 0.273. The van der Waals surface area contributed by atoms with Gasteiger partial charge in [-0.2, -0.15) is 0 Å². The van der Waals surface area contributed by atoms with Crippen molar-refractivity contribution in [3.05, 3.63) is 23.8 Å². The van der Waals surface area contributed by atoms with Gasteiger partial charge in [-0.25, -0.2) is 0 Å². The summed E-state index contributed by atoms with van der Waals surface area (Å²) in [5.41, 5.74) is 0.460. The first-order valence-corrected chi connectivity index (χ1v) is 7.17. The van der Waals surface area contributed by atoms with Crippen molar-refractivity contribution in [2.24, 2.45) is 5.92 Å². The number of rotatable bonds is 2. The number of aliphatic hydroxyl groups excluding tert-OH is 2. The fraction of sp³-hybridized carbons (Fsp3) is 0.533. The largest absolute Gasteiger partial charge is 0.486 e. The number of fused-ring (bicyclic) bond motifs is 1. The molecule has 1 saturated heterocycles. The van der Waals surface area contributed by atoms with Crippen molar-refractivity contribution in [1.29, 1.82) is 0 Å². The van der Waals surface area contributed by atoms with Crippen LogP contribution in [-0.4, -0.2) is 60.0 Å². The van der Waals surface area contributed by atoms with Crippen molar-refractivity contribution in [1.82, 2.24) is 4.90 Å². The molecule has 6 heteroatoms. The molecule has 2 N–H and O–H groups in total. The molecule has 3 rings (SSSR count). The van der Waals surface area contributed by atoms with E-state index in [2.05, 4.69) is 0 Å². The van der Waals surface area contributed by atoms with Gasteiger partial charge in [0.2, 0.25) is 0 Å². The molecule has 0 radical (unpaired) electrons. The van der Waals surface area contributed by atoms with Crippen molar-refractivity contribution in [3.8, 4) is 11.5 Å². The molecule has 114 valence electrons. The van der Waals surface area contributed by atoms with Crippen LogP contribution in [0.2, 0.25) is 0 Å². The summed E-state index contributed by atoms with van der Waals surface area (Å²) in [7, 11) is 0. The first-order chi connectivity index (χ1) is 10.2. The molecular formula is C15H19NO5. The lowest BCUT2D eigenvalue weighted by molar-refractivity contribution is 0.000648. The minimum absolute atomic E-state index is 0.0547. The summed E-state index contributed by atoms with van der Waals surface area (Å²) in [4.78, 5) is 14.2. The summed E-state index contributed by atoms with van der Waals surface area (Å²) in [6, 6.07) is 5.25. The third-order valence-corrected chi connectivity index (χ3v) is 4.04. The van der Waals surface area contributed by atoms with Gasteiger partial charge in [0.1, 0.15) is 13.2 Å². The van der Waals surface area contributed by atoms with Crippen LogP contribution in [0.25, 0.3) is 0 Å². The summed E-state index contributed by atoms with van der Waals surface area (Å²) in [6.07, 6.45) is -0.0973. The number of hydrogen-bond acceptors (Lipinski definition) is 5. The highest BCUT2D eigenvalue weighted by atomic mass is 16.6. The van der Waals surface area contributed by atoms with Crippen LogP contribution in [0.5, 0.6) is 11.5 Å². The molecule has 0 aliphatic carbocycles. The van der Waals surface area contributed by atoms with Crippen LogP contribution in [0.4, 0.5) is 0 Å². The van der Waals surface area contributed by atoms with E-state index in [1.807, 2.05) is 0 Å². The summed E-state index contributed by atoms with van der Waals surface area (Å²) < 4.78 is 11.0. The molecule has 2 heterocycles. The highest BCUT2D eigenvalue weighted by molar-refractivity contribution is 5.98. The Kier molecular flexibility index (Phi) is 3.98. The number of para-hydroxylation sites is 1. The van der Waals surface area contributed by atoms with E-state index in [-0.39, 0.29) is 25.0 Å². The molecule has 2 aliphatic heterocycles. The molecule has 1 aromatic rings. The molecular weight excluding hydrogens is 274 g/mol. The Morgan fingerprint density at radius 1 is 1.33 bits per heavy atom. The second-order valence-electron chi connectivity index (χ2n) is 5.38. The molecule has 2 aliphatic rings. The van der Waals surface area contributed by atoms with Gasteiger partial charge in [-0.15, -0.1) is 0 Å². The standard InChI is InChI=1S/C15H19NO5/c17-9-10-4-5-16(8-12(10)18)15(19)11-2-1-3-13-14(11)21-7-6-20-13/h1-3,10,12,17-18H,4-9H2/t10-,12-/m1/s1. The number of piperidine rings is 1. The number of amides is 1. The Balaban J connectivity index is 1.80. The second kappa shape index (κ2) is 5.91. The maximum absolute atomic E-state index is 12.6. The van der Waals surface area contributed by atoms with Crippen LogP contribution in [0.1, 0.15) is 16.8 Å². The average Bonchev–Trinajstić information content (AvgIpc) is 2.53. The van der Waals surface area contributed by atoms with E-state index in [0.717, 1.165) is 0 Å². The Morgan fingerprint density at radius 3 is 2.90 bits per heavy atom. The first-order valence-electron chi connectivity index (χ1n) is 7.17. The lowest BCUT2D eigenvalue weighted by atomic mass is 9.94. The van der Waals surface area contributed by atoms with Crippen molar-refractivity contribution < 1.29 is 24.5 Å². The highest BCUT2D eigenvalue weighted by Gasteiger charge is 2.32. The topological polar surface area (TPSA) is 79.2 Å². The van der Waals surface area contributed by atoms with Gasteiger partial charge in [0, 0.05) is 25.6 Å². The van der Waals surface area contributed by atoms with Crippen LogP contribution < -0.4 is 9.47 Å². The molecule has 0 spiro atoms. The van der Waals surface area contributed by atoms with Gasteiger partial charge < -0.3 is 24.6 Å². The molecule has 0 bridgehead atoms. The van der Waals surface area contributed by atoms with Gasteiger partial charge in [-0.1, -0.05) is 6.07 Å². The molecule has 21 heavy (non-hydrogen) atoms. The number of nitrogens with zero attached hydrogens (tertiary/aromatic N) is 1. The fourth-order valence-electron chi connectivity index (χ4n) is 2.79. The quantitative estimate of drug-likeness (QED) is 0.818. The monoisotopic (exact) mass is 293 g/mol. The van der Waals surface area contributed by atoms with Crippen LogP contribution in [0, 0.1) is 5.92 Å². The van der Waals surface area contributed by atoms with Crippen LogP contribution >= 0.6 is 0 Å². The maximum atomic E-state index is 12.6. The van der Waals surface area contributed by atoms with E-state index in [1.54, 1.807) is 23.1 Å². The van der Waals surface area contributed by atoms with Crippen molar-refractivity contribution in [3.63, 3.8) is 0 Å². The number of benzene rings is 1. The first kappa shape index (κ1) is 14.2. The van der Waals surface area contributed by atoms with Gasteiger partial charge in [0.25, 0.3) is 5.91 Å². The Hall–Kier alpha value is -1.79. The number of ether oxygens (including phenoxy) is 2. The zero-order chi connectivity index (χ0) is 14.8.